The molecule has 0 bridgehead atoms. The quantitative estimate of drug-likeness (QED) is 0.647. The summed E-state index contributed by atoms with van der Waals surface area (Å²) < 4.78 is 0. The maximum atomic E-state index is 5.99. The molecule has 2 N–H and O–H groups in total. The van der Waals surface area contributed by atoms with Crippen LogP contribution in [0.25, 0.3) is 0 Å². The van der Waals surface area contributed by atoms with Gasteiger partial charge in [-0.25, -0.2) is 4.99 Å². The Labute approximate surface area is 137 Å². The summed E-state index contributed by atoms with van der Waals surface area (Å²) in [6.45, 7) is 6.57. The fraction of sp³-hybridized carbons (Fsp3) is 0.278. The number of nitrogens with two attached hydrogens (primary N) is 1. The monoisotopic (exact) mass is 313 g/mol. The van der Waals surface area contributed by atoms with Gasteiger partial charge < -0.3 is 10.6 Å². The van der Waals surface area contributed by atoms with E-state index in [4.69, 9.17) is 5.73 Å². The molecule has 4 heteroatoms. The van der Waals surface area contributed by atoms with Crippen molar-refractivity contribution in [1.29, 1.82) is 0 Å². The smallest absolute Gasteiger partial charge is 0.191 e. The zero-order chi connectivity index (χ0) is 15.8. The van der Waals surface area contributed by atoms with Gasteiger partial charge in [0, 0.05) is 22.9 Å². The van der Waals surface area contributed by atoms with Crippen LogP contribution in [0.15, 0.2) is 69.4 Å². The molecule has 0 amide bonds. The predicted molar refractivity (Wildman–Crippen MR) is 95.3 cm³/mol. The molecule has 0 saturated heterocycles. The van der Waals surface area contributed by atoms with E-state index in [1.54, 1.807) is 11.8 Å². The van der Waals surface area contributed by atoms with Crippen LogP contribution in [0.4, 0.5) is 0 Å². The molecular formula is C18H23N3S. The fourth-order valence-corrected chi connectivity index (χ4v) is 2.94. The van der Waals surface area contributed by atoms with Crippen molar-refractivity contribution in [2.24, 2.45) is 10.7 Å². The summed E-state index contributed by atoms with van der Waals surface area (Å²) >= 11 is 1.76. The Hall–Kier alpha value is -1.94. The third-order valence-corrected chi connectivity index (χ3v) is 4.43. The zero-order valence-corrected chi connectivity index (χ0v) is 14.0. The van der Waals surface area contributed by atoms with Crippen molar-refractivity contribution in [2.45, 2.75) is 30.2 Å². The molecule has 2 aromatic rings. The number of hydrogen-bond donors (Lipinski definition) is 1. The van der Waals surface area contributed by atoms with Gasteiger partial charge in [-0.1, -0.05) is 42.1 Å². The number of nitrogens with zero attached hydrogens (tertiary/aromatic N) is 2. The number of aliphatic imine (C=N–C) groups is 1. The van der Waals surface area contributed by atoms with Crippen LogP contribution in [0.3, 0.4) is 0 Å². The van der Waals surface area contributed by atoms with Gasteiger partial charge in [0.2, 0.25) is 0 Å². The molecule has 0 radical (unpaired) electrons. The summed E-state index contributed by atoms with van der Waals surface area (Å²) in [5, 5.41) is 0. The van der Waals surface area contributed by atoms with E-state index in [-0.39, 0.29) is 0 Å². The standard InChI is InChI=1S/C18H23N3S/c1-3-21(4-2)18(19)20-14-15-10-12-17(13-11-15)22-16-8-6-5-7-9-16/h5-13H,3-4,14H2,1-2H3,(H2,19,20). The Morgan fingerprint density at radius 2 is 1.55 bits per heavy atom. The second-order valence-corrected chi connectivity index (χ2v) is 6.05. The third kappa shape index (κ3) is 4.81. The first kappa shape index (κ1) is 16.4. The van der Waals surface area contributed by atoms with Crippen LogP contribution in [0, 0.1) is 0 Å². The molecule has 0 aromatic heterocycles. The van der Waals surface area contributed by atoms with Crippen molar-refractivity contribution in [3.05, 3.63) is 60.2 Å². The van der Waals surface area contributed by atoms with E-state index in [1.807, 2.05) is 6.07 Å². The number of rotatable bonds is 6. The van der Waals surface area contributed by atoms with Crippen molar-refractivity contribution in [3.8, 4) is 0 Å². The maximum Gasteiger partial charge on any atom is 0.191 e. The van der Waals surface area contributed by atoms with E-state index < -0.39 is 0 Å². The van der Waals surface area contributed by atoms with Crippen molar-refractivity contribution >= 4 is 17.7 Å². The summed E-state index contributed by atoms with van der Waals surface area (Å²) in [5.41, 5.74) is 7.16. The van der Waals surface area contributed by atoms with Gasteiger partial charge >= 0.3 is 0 Å². The van der Waals surface area contributed by atoms with Crippen LogP contribution in [-0.4, -0.2) is 23.9 Å². The Balaban J connectivity index is 1.96. The number of guanidine groups is 1. The minimum atomic E-state index is 0.618. The number of hydrogen-bond acceptors (Lipinski definition) is 2. The fourth-order valence-electron chi connectivity index (χ4n) is 2.11. The van der Waals surface area contributed by atoms with Crippen LogP contribution in [0.5, 0.6) is 0 Å². The molecule has 0 saturated carbocycles. The molecule has 2 rings (SSSR count). The first-order valence-corrected chi connectivity index (χ1v) is 8.41. The molecule has 0 aliphatic rings. The van der Waals surface area contributed by atoms with Gasteiger partial charge in [0.25, 0.3) is 0 Å². The zero-order valence-electron chi connectivity index (χ0n) is 13.2. The minimum absolute atomic E-state index is 0.618. The minimum Gasteiger partial charge on any atom is -0.370 e. The second-order valence-electron chi connectivity index (χ2n) is 4.91. The molecule has 0 spiro atoms. The Morgan fingerprint density at radius 3 is 2.14 bits per heavy atom. The van der Waals surface area contributed by atoms with Gasteiger partial charge in [-0.05, 0) is 43.7 Å². The Morgan fingerprint density at radius 1 is 0.955 bits per heavy atom. The highest BCUT2D eigenvalue weighted by atomic mass is 32.2. The number of benzene rings is 2. The molecule has 116 valence electrons. The topological polar surface area (TPSA) is 41.6 Å². The highest BCUT2D eigenvalue weighted by Gasteiger charge is 2.02. The summed E-state index contributed by atoms with van der Waals surface area (Å²) in [4.78, 5) is 9.00. The lowest BCUT2D eigenvalue weighted by Crippen LogP contribution is -2.37. The largest absolute Gasteiger partial charge is 0.370 e. The van der Waals surface area contributed by atoms with E-state index in [9.17, 15) is 0 Å². The van der Waals surface area contributed by atoms with Gasteiger partial charge in [0.15, 0.2) is 5.96 Å². The normalized spacial score (nSPS) is 11.5. The first-order chi connectivity index (χ1) is 10.7. The summed E-state index contributed by atoms with van der Waals surface area (Å²) in [5.74, 6) is 0.618. The Kier molecular flexibility index (Phi) is 6.34. The maximum absolute atomic E-state index is 5.99. The van der Waals surface area contributed by atoms with Crippen LogP contribution < -0.4 is 5.73 Å². The molecule has 3 nitrogen and oxygen atoms in total. The van der Waals surface area contributed by atoms with Gasteiger partial charge in [0.1, 0.15) is 0 Å². The van der Waals surface area contributed by atoms with Crippen molar-refractivity contribution < 1.29 is 0 Å². The van der Waals surface area contributed by atoms with Crippen LogP contribution >= 0.6 is 11.8 Å². The van der Waals surface area contributed by atoms with E-state index in [1.165, 1.54) is 15.4 Å². The molecular weight excluding hydrogens is 290 g/mol. The van der Waals surface area contributed by atoms with Gasteiger partial charge in [-0.2, -0.15) is 0 Å². The molecule has 0 heterocycles. The molecule has 0 aliphatic heterocycles. The van der Waals surface area contributed by atoms with E-state index in [2.05, 4.69) is 72.3 Å². The van der Waals surface area contributed by atoms with Gasteiger partial charge in [-0.3, -0.25) is 0 Å². The molecule has 0 atom stereocenters. The summed E-state index contributed by atoms with van der Waals surface area (Å²) in [6.07, 6.45) is 0. The molecule has 0 aliphatic carbocycles. The van der Waals surface area contributed by atoms with E-state index >= 15 is 0 Å². The average Bonchev–Trinajstić information content (AvgIpc) is 2.56. The molecule has 0 fully saturated rings. The summed E-state index contributed by atoms with van der Waals surface area (Å²) in [6, 6.07) is 18.9. The average molecular weight is 313 g/mol. The van der Waals surface area contributed by atoms with Crippen molar-refractivity contribution in [2.75, 3.05) is 13.1 Å². The first-order valence-electron chi connectivity index (χ1n) is 7.59. The second kappa shape index (κ2) is 8.49. The SMILES string of the molecule is CCN(CC)C(N)=NCc1ccc(Sc2ccccc2)cc1. The van der Waals surface area contributed by atoms with Crippen LogP contribution in [-0.2, 0) is 6.54 Å². The van der Waals surface area contributed by atoms with Crippen molar-refractivity contribution in [3.63, 3.8) is 0 Å². The molecule has 22 heavy (non-hydrogen) atoms. The third-order valence-electron chi connectivity index (χ3n) is 3.41. The molecule has 0 unspecified atom stereocenters. The highest BCUT2D eigenvalue weighted by Crippen LogP contribution is 2.27. The van der Waals surface area contributed by atoms with Gasteiger partial charge in [-0.15, -0.1) is 0 Å². The van der Waals surface area contributed by atoms with Crippen molar-refractivity contribution in [1.82, 2.24) is 4.90 Å². The highest BCUT2D eigenvalue weighted by molar-refractivity contribution is 7.99. The lowest BCUT2D eigenvalue weighted by Gasteiger charge is -2.19. The lowest BCUT2D eigenvalue weighted by atomic mass is 10.2. The van der Waals surface area contributed by atoms with E-state index in [0.717, 1.165) is 13.1 Å². The van der Waals surface area contributed by atoms with E-state index in [0.29, 0.717) is 12.5 Å². The molecule has 2 aromatic carbocycles. The van der Waals surface area contributed by atoms with Crippen LogP contribution in [0.2, 0.25) is 0 Å². The van der Waals surface area contributed by atoms with Gasteiger partial charge in [0.05, 0.1) is 6.54 Å². The van der Waals surface area contributed by atoms with Crippen LogP contribution in [0.1, 0.15) is 19.4 Å². The lowest BCUT2D eigenvalue weighted by molar-refractivity contribution is 0.458. The Bertz CT molecular complexity index is 589. The summed E-state index contributed by atoms with van der Waals surface area (Å²) in [7, 11) is 0. The predicted octanol–water partition coefficient (Wildman–Crippen LogP) is 3.99.